The van der Waals surface area contributed by atoms with Crippen LogP contribution in [-0.2, 0) is 5.75 Å². The van der Waals surface area contributed by atoms with Gasteiger partial charge in [-0.1, -0.05) is 11.8 Å². The Morgan fingerprint density at radius 3 is 2.93 bits per heavy atom. The van der Waals surface area contributed by atoms with Crippen LogP contribution in [0.2, 0.25) is 0 Å². The minimum atomic E-state index is 0.611. The van der Waals surface area contributed by atoms with E-state index in [0.29, 0.717) is 11.1 Å². The molecule has 2 aromatic heterocycles. The SMILES string of the molecule is Cc1nnc(SCc2ccc(Br)s2)o1. The van der Waals surface area contributed by atoms with Crippen molar-refractivity contribution in [2.45, 2.75) is 17.9 Å². The molecule has 0 aromatic carbocycles. The molecule has 6 heteroatoms. The first-order valence-corrected chi connectivity index (χ1v) is 6.50. The van der Waals surface area contributed by atoms with Crippen molar-refractivity contribution in [1.29, 1.82) is 0 Å². The second-order valence-corrected chi connectivity index (χ2v) is 6.06. The van der Waals surface area contributed by atoms with Gasteiger partial charge in [0.1, 0.15) is 0 Å². The van der Waals surface area contributed by atoms with E-state index in [1.165, 1.54) is 4.88 Å². The summed E-state index contributed by atoms with van der Waals surface area (Å²) in [5, 5.41) is 8.30. The van der Waals surface area contributed by atoms with Gasteiger partial charge in [-0.2, -0.15) is 0 Å². The molecular formula is C8H7BrN2OS2. The summed E-state index contributed by atoms with van der Waals surface area (Å²) in [6.45, 7) is 1.79. The summed E-state index contributed by atoms with van der Waals surface area (Å²) in [4.78, 5) is 1.29. The van der Waals surface area contributed by atoms with Crippen LogP contribution < -0.4 is 0 Å². The molecule has 0 saturated heterocycles. The summed E-state index contributed by atoms with van der Waals surface area (Å²) in [6, 6.07) is 4.13. The van der Waals surface area contributed by atoms with Gasteiger partial charge in [0.2, 0.25) is 5.89 Å². The standard InChI is InChI=1S/C8H7BrN2OS2/c1-5-10-11-8(12-5)13-4-6-2-3-7(9)14-6/h2-3H,4H2,1H3. The first-order chi connectivity index (χ1) is 6.74. The van der Waals surface area contributed by atoms with Crippen molar-refractivity contribution in [1.82, 2.24) is 10.2 Å². The van der Waals surface area contributed by atoms with Gasteiger partial charge in [-0.25, -0.2) is 0 Å². The van der Waals surface area contributed by atoms with Gasteiger partial charge in [-0.15, -0.1) is 21.5 Å². The predicted octanol–water partition coefficient (Wildman–Crippen LogP) is 3.49. The van der Waals surface area contributed by atoms with E-state index < -0.39 is 0 Å². The molecule has 0 aliphatic heterocycles. The molecule has 0 aliphatic rings. The monoisotopic (exact) mass is 290 g/mol. The van der Waals surface area contributed by atoms with Crippen molar-refractivity contribution in [2.24, 2.45) is 0 Å². The lowest BCUT2D eigenvalue weighted by Gasteiger charge is -1.91. The molecule has 0 bridgehead atoms. The van der Waals surface area contributed by atoms with Gasteiger partial charge in [0.25, 0.3) is 5.22 Å². The number of aromatic nitrogens is 2. The lowest BCUT2D eigenvalue weighted by atomic mass is 10.5. The maximum absolute atomic E-state index is 5.25. The predicted molar refractivity (Wildman–Crippen MR) is 60.6 cm³/mol. The Labute approximate surface area is 98.1 Å². The van der Waals surface area contributed by atoms with Gasteiger partial charge in [0.15, 0.2) is 0 Å². The highest BCUT2D eigenvalue weighted by Gasteiger charge is 2.04. The summed E-state index contributed by atoms with van der Waals surface area (Å²) in [7, 11) is 0. The highest BCUT2D eigenvalue weighted by Crippen LogP contribution is 2.28. The molecule has 74 valence electrons. The molecule has 14 heavy (non-hydrogen) atoms. The molecular weight excluding hydrogens is 284 g/mol. The van der Waals surface area contributed by atoms with Gasteiger partial charge < -0.3 is 4.42 Å². The van der Waals surface area contributed by atoms with E-state index in [1.54, 1.807) is 30.0 Å². The average Bonchev–Trinajstić information content (AvgIpc) is 2.72. The Bertz CT molecular complexity index is 386. The van der Waals surface area contributed by atoms with Crippen LogP contribution in [0.25, 0.3) is 0 Å². The number of aryl methyl sites for hydroxylation is 1. The van der Waals surface area contributed by atoms with Gasteiger partial charge in [0.05, 0.1) is 3.79 Å². The fraction of sp³-hybridized carbons (Fsp3) is 0.250. The normalized spacial score (nSPS) is 10.7. The van der Waals surface area contributed by atoms with Crippen molar-refractivity contribution < 1.29 is 4.42 Å². The lowest BCUT2D eigenvalue weighted by Crippen LogP contribution is -1.74. The second kappa shape index (κ2) is 4.46. The van der Waals surface area contributed by atoms with Crippen LogP contribution in [0, 0.1) is 6.92 Å². The zero-order chi connectivity index (χ0) is 9.97. The highest BCUT2D eigenvalue weighted by atomic mass is 79.9. The lowest BCUT2D eigenvalue weighted by molar-refractivity contribution is 0.429. The third-order valence-corrected chi connectivity index (χ3v) is 4.15. The number of halogens is 1. The highest BCUT2D eigenvalue weighted by molar-refractivity contribution is 9.11. The van der Waals surface area contributed by atoms with E-state index in [4.69, 9.17) is 4.42 Å². The van der Waals surface area contributed by atoms with Gasteiger partial charge in [0, 0.05) is 17.6 Å². The number of thiophene rings is 1. The topological polar surface area (TPSA) is 38.9 Å². The summed E-state index contributed by atoms with van der Waals surface area (Å²) >= 11 is 6.70. The Morgan fingerprint density at radius 2 is 2.36 bits per heavy atom. The van der Waals surface area contributed by atoms with Crippen LogP contribution in [0.4, 0.5) is 0 Å². The van der Waals surface area contributed by atoms with Crippen LogP contribution in [0.3, 0.4) is 0 Å². The molecule has 2 rings (SSSR count). The molecule has 3 nitrogen and oxygen atoms in total. The van der Waals surface area contributed by atoms with Crippen LogP contribution >= 0.6 is 39.0 Å². The molecule has 2 heterocycles. The van der Waals surface area contributed by atoms with E-state index in [1.807, 2.05) is 6.07 Å². The van der Waals surface area contributed by atoms with Gasteiger partial charge >= 0.3 is 0 Å². The van der Waals surface area contributed by atoms with E-state index in [0.717, 1.165) is 9.54 Å². The summed E-state index contributed by atoms with van der Waals surface area (Å²) in [6.07, 6.45) is 0. The fourth-order valence-corrected chi connectivity index (χ4v) is 3.23. The van der Waals surface area contributed by atoms with Crippen LogP contribution in [0.1, 0.15) is 10.8 Å². The molecule has 0 unspecified atom stereocenters. The van der Waals surface area contributed by atoms with Crippen molar-refractivity contribution in [3.05, 3.63) is 26.7 Å². The number of nitrogens with zero attached hydrogens (tertiary/aromatic N) is 2. The third-order valence-electron chi connectivity index (χ3n) is 1.47. The molecule has 0 saturated carbocycles. The smallest absolute Gasteiger partial charge is 0.276 e. The number of rotatable bonds is 3. The average molecular weight is 291 g/mol. The molecule has 2 aromatic rings. The van der Waals surface area contributed by atoms with Crippen molar-refractivity contribution in [2.75, 3.05) is 0 Å². The first-order valence-electron chi connectivity index (χ1n) is 3.91. The number of hydrogen-bond donors (Lipinski definition) is 0. The quantitative estimate of drug-likeness (QED) is 0.811. The maximum Gasteiger partial charge on any atom is 0.276 e. The molecule has 0 atom stereocenters. The molecule has 0 amide bonds. The summed E-state index contributed by atoms with van der Waals surface area (Å²) < 4.78 is 6.39. The largest absolute Gasteiger partial charge is 0.416 e. The number of hydrogen-bond acceptors (Lipinski definition) is 5. The Balaban J connectivity index is 1.94. The van der Waals surface area contributed by atoms with E-state index >= 15 is 0 Å². The Kier molecular flexibility index (Phi) is 3.25. The van der Waals surface area contributed by atoms with Gasteiger partial charge in [-0.3, -0.25) is 0 Å². The number of thioether (sulfide) groups is 1. The Morgan fingerprint density at radius 1 is 1.50 bits per heavy atom. The molecule has 0 spiro atoms. The van der Waals surface area contributed by atoms with E-state index in [2.05, 4.69) is 32.2 Å². The van der Waals surface area contributed by atoms with E-state index in [-0.39, 0.29) is 0 Å². The van der Waals surface area contributed by atoms with Gasteiger partial charge in [-0.05, 0) is 28.1 Å². The second-order valence-electron chi connectivity index (χ2n) is 2.58. The summed E-state index contributed by atoms with van der Waals surface area (Å²) in [5.74, 6) is 1.48. The van der Waals surface area contributed by atoms with Crippen LogP contribution in [0.15, 0.2) is 25.6 Å². The third kappa shape index (κ3) is 2.59. The fourth-order valence-electron chi connectivity index (χ4n) is 0.899. The molecule has 0 radical (unpaired) electrons. The zero-order valence-corrected chi connectivity index (χ0v) is 10.6. The summed E-state index contributed by atoms with van der Waals surface area (Å²) in [5.41, 5.74) is 0. The Hall–Kier alpha value is -0.330. The molecule has 0 N–H and O–H groups in total. The van der Waals surface area contributed by atoms with E-state index in [9.17, 15) is 0 Å². The van der Waals surface area contributed by atoms with Crippen molar-refractivity contribution >= 4 is 39.0 Å². The maximum atomic E-state index is 5.25. The molecule has 0 fully saturated rings. The minimum Gasteiger partial charge on any atom is -0.416 e. The first kappa shape index (κ1) is 10.2. The minimum absolute atomic E-state index is 0.611. The zero-order valence-electron chi connectivity index (χ0n) is 7.36. The van der Waals surface area contributed by atoms with Crippen molar-refractivity contribution in [3.63, 3.8) is 0 Å². The van der Waals surface area contributed by atoms with Crippen LogP contribution in [0.5, 0.6) is 0 Å². The van der Waals surface area contributed by atoms with Crippen LogP contribution in [-0.4, -0.2) is 10.2 Å². The van der Waals surface area contributed by atoms with Crippen molar-refractivity contribution in [3.8, 4) is 0 Å². The molecule has 0 aliphatic carbocycles.